The molecular formula is C14H21N3O3. The molecule has 0 aliphatic rings. The minimum Gasteiger partial charge on any atom is -0.478 e. The highest BCUT2D eigenvalue weighted by Gasteiger charge is 2.10. The number of carbonyl (C=O) groups is 1. The summed E-state index contributed by atoms with van der Waals surface area (Å²) in [7, 11) is 1.66. The number of hydrogen-bond acceptors (Lipinski definition) is 5. The SMILES string of the molecule is COCCN(CC(C)C)c1ncc(/C=C/C(=O)O)cn1. The average molecular weight is 279 g/mol. The van der Waals surface area contributed by atoms with Gasteiger partial charge in [0.05, 0.1) is 6.61 Å². The van der Waals surface area contributed by atoms with Crippen LogP contribution in [0.2, 0.25) is 0 Å². The van der Waals surface area contributed by atoms with Crippen molar-refractivity contribution >= 4 is 18.0 Å². The summed E-state index contributed by atoms with van der Waals surface area (Å²) < 4.78 is 5.09. The van der Waals surface area contributed by atoms with E-state index in [1.807, 2.05) is 0 Å². The molecule has 0 saturated heterocycles. The molecule has 1 aromatic heterocycles. The van der Waals surface area contributed by atoms with Crippen LogP contribution < -0.4 is 4.90 Å². The largest absolute Gasteiger partial charge is 0.478 e. The second kappa shape index (κ2) is 8.27. The lowest BCUT2D eigenvalue weighted by Crippen LogP contribution is -2.32. The van der Waals surface area contributed by atoms with Crippen LogP contribution in [0, 0.1) is 5.92 Å². The van der Waals surface area contributed by atoms with Gasteiger partial charge in [-0.05, 0) is 12.0 Å². The quantitative estimate of drug-likeness (QED) is 0.730. The number of carboxylic acids is 1. The number of aromatic nitrogens is 2. The summed E-state index contributed by atoms with van der Waals surface area (Å²) in [6, 6.07) is 0. The third-order valence-corrected chi connectivity index (χ3v) is 2.51. The lowest BCUT2D eigenvalue weighted by atomic mass is 10.2. The zero-order chi connectivity index (χ0) is 15.0. The molecule has 1 rings (SSSR count). The van der Waals surface area contributed by atoms with Crippen molar-refractivity contribution in [3.63, 3.8) is 0 Å². The molecule has 0 unspecified atom stereocenters. The molecule has 1 N–H and O–H groups in total. The second-order valence-electron chi connectivity index (χ2n) is 4.82. The molecule has 0 spiro atoms. The highest BCUT2D eigenvalue weighted by Crippen LogP contribution is 2.10. The van der Waals surface area contributed by atoms with Gasteiger partial charge in [-0.2, -0.15) is 0 Å². The number of nitrogens with zero attached hydrogens (tertiary/aromatic N) is 3. The maximum absolute atomic E-state index is 10.4. The summed E-state index contributed by atoms with van der Waals surface area (Å²) in [6.07, 6.45) is 5.76. The minimum atomic E-state index is -0.990. The topological polar surface area (TPSA) is 75.5 Å². The van der Waals surface area contributed by atoms with E-state index in [9.17, 15) is 4.79 Å². The zero-order valence-electron chi connectivity index (χ0n) is 12.1. The Morgan fingerprint density at radius 1 is 1.45 bits per heavy atom. The molecule has 20 heavy (non-hydrogen) atoms. The van der Waals surface area contributed by atoms with Gasteiger partial charge in [0.2, 0.25) is 5.95 Å². The third kappa shape index (κ3) is 5.79. The van der Waals surface area contributed by atoms with Crippen LogP contribution in [-0.4, -0.2) is 47.8 Å². The summed E-state index contributed by atoms with van der Waals surface area (Å²) in [5, 5.41) is 8.56. The molecule has 0 atom stereocenters. The van der Waals surface area contributed by atoms with Crippen LogP contribution in [0.4, 0.5) is 5.95 Å². The molecule has 110 valence electrons. The van der Waals surface area contributed by atoms with E-state index >= 15 is 0 Å². The van der Waals surface area contributed by atoms with E-state index in [2.05, 4.69) is 28.7 Å². The van der Waals surface area contributed by atoms with Gasteiger partial charge in [-0.15, -0.1) is 0 Å². The van der Waals surface area contributed by atoms with Gasteiger partial charge in [-0.25, -0.2) is 14.8 Å². The van der Waals surface area contributed by atoms with Gasteiger partial charge in [0.15, 0.2) is 0 Å². The molecular weight excluding hydrogens is 258 g/mol. The van der Waals surface area contributed by atoms with E-state index in [1.54, 1.807) is 19.5 Å². The smallest absolute Gasteiger partial charge is 0.328 e. The maximum atomic E-state index is 10.4. The maximum Gasteiger partial charge on any atom is 0.328 e. The van der Waals surface area contributed by atoms with E-state index < -0.39 is 5.97 Å². The number of hydrogen-bond donors (Lipinski definition) is 1. The van der Waals surface area contributed by atoms with Crippen LogP contribution >= 0.6 is 0 Å². The van der Waals surface area contributed by atoms with Crippen LogP contribution in [0.25, 0.3) is 6.08 Å². The van der Waals surface area contributed by atoms with Crippen molar-refractivity contribution < 1.29 is 14.6 Å². The molecule has 0 aliphatic carbocycles. The van der Waals surface area contributed by atoms with Crippen LogP contribution in [-0.2, 0) is 9.53 Å². The zero-order valence-corrected chi connectivity index (χ0v) is 12.1. The molecule has 0 amide bonds. The Morgan fingerprint density at radius 2 is 2.10 bits per heavy atom. The van der Waals surface area contributed by atoms with E-state index in [0.717, 1.165) is 19.2 Å². The van der Waals surface area contributed by atoms with Crippen LogP contribution in [0.3, 0.4) is 0 Å². The predicted octanol–water partition coefficient (Wildman–Crippen LogP) is 1.68. The summed E-state index contributed by atoms with van der Waals surface area (Å²) >= 11 is 0. The molecule has 6 nitrogen and oxygen atoms in total. The van der Waals surface area contributed by atoms with Crippen molar-refractivity contribution in [3.05, 3.63) is 24.0 Å². The fourth-order valence-electron chi connectivity index (χ4n) is 1.66. The standard InChI is InChI=1S/C14H21N3O3/c1-11(2)10-17(6-7-20-3)14-15-8-12(9-16-14)4-5-13(18)19/h4-5,8-9,11H,6-7,10H2,1-3H3,(H,18,19)/b5-4+. The van der Waals surface area contributed by atoms with Crippen LogP contribution in [0.5, 0.6) is 0 Å². The Kier molecular flexibility index (Phi) is 6.66. The summed E-state index contributed by atoms with van der Waals surface area (Å²) in [5.41, 5.74) is 0.660. The normalized spacial score (nSPS) is 11.2. The molecule has 1 heterocycles. The Bertz CT molecular complexity index is 443. The second-order valence-corrected chi connectivity index (χ2v) is 4.82. The van der Waals surface area contributed by atoms with E-state index in [4.69, 9.17) is 9.84 Å². The molecule has 0 saturated carbocycles. The number of carboxylic acid groups (broad SMARTS) is 1. The molecule has 0 aliphatic heterocycles. The van der Waals surface area contributed by atoms with Gasteiger partial charge in [0.1, 0.15) is 0 Å². The average Bonchev–Trinajstić information content (AvgIpc) is 2.41. The Morgan fingerprint density at radius 3 is 2.60 bits per heavy atom. The summed E-state index contributed by atoms with van der Waals surface area (Å²) in [4.78, 5) is 21.0. The van der Waals surface area contributed by atoms with Crippen LogP contribution in [0.1, 0.15) is 19.4 Å². The number of methoxy groups -OCH3 is 1. The Balaban J connectivity index is 2.78. The van der Waals surface area contributed by atoms with Crippen molar-refractivity contribution in [3.8, 4) is 0 Å². The molecule has 0 radical (unpaired) electrons. The van der Waals surface area contributed by atoms with E-state index in [-0.39, 0.29) is 0 Å². The first-order chi connectivity index (χ1) is 9.52. The fraction of sp³-hybridized carbons (Fsp3) is 0.500. The first kappa shape index (κ1) is 16.1. The predicted molar refractivity (Wildman–Crippen MR) is 77.6 cm³/mol. The fourth-order valence-corrected chi connectivity index (χ4v) is 1.66. The lowest BCUT2D eigenvalue weighted by Gasteiger charge is -2.24. The Labute approximate surface area is 119 Å². The number of aliphatic carboxylic acids is 1. The Hall–Kier alpha value is -1.95. The van der Waals surface area contributed by atoms with Crippen molar-refractivity contribution in [1.29, 1.82) is 0 Å². The monoisotopic (exact) mass is 279 g/mol. The number of ether oxygens (including phenoxy) is 1. The van der Waals surface area contributed by atoms with Crippen molar-refractivity contribution in [2.75, 3.05) is 31.7 Å². The molecule has 0 aromatic carbocycles. The van der Waals surface area contributed by atoms with Crippen molar-refractivity contribution in [2.24, 2.45) is 5.92 Å². The molecule has 6 heteroatoms. The lowest BCUT2D eigenvalue weighted by molar-refractivity contribution is -0.131. The van der Waals surface area contributed by atoms with Gasteiger partial charge < -0.3 is 14.7 Å². The van der Waals surface area contributed by atoms with Gasteiger partial charge >= 0.3 is 5.97 Å². The van der Waals surface area contributed by atoms with Crippen LogP contribution in [0.15, 0.2) is 18.5 Å². The number of rotatable bonds is 8. The number of anilines is 1. The minimum absolute atomic E-state index is 0.488. The van der Waals surface area contributed by atoms with Crippen molar-refractivity contribution in [1.82, 2.24) is 9.97 Å². The first-order valence-corrected chi connectivity index (χ1v) is 6.50. The molecule has 0 fully saturated rings. The van der Waals surface area contributed by atoms with Gasteiger partial charge in [0.25, 0.3) is 0 Å². The van der Waals surface area contributed by atoms with Gasteiger partial charge in [-0.1, -0.05) is 13.8 Å². The summed E-state index contributed by atoms with van der Waals surface area (Å²) in [5.74, 6) is 0.126. The molecule has 1 aromatic rings. The van der Waals surface area contributed by atoms with Gasteiger partial charge in [-0.3, -0.25) is 0 Å². The molecule has 0 bridgehead atoms. The van der Waals surface area contributed by atoms with E-state index in [0.29, 0.717) is 24.0 Å². The first-order valence-electron chi connectivity index (χ1n) is 6.50. The third-order valence-electron chi connectivity index (χ3n) is 2.51. The van der Waals surface area contributed by atoms with Crippen molar-refractivity contribution in [2.45, 2.75) is 13.8 Å². The summed E-state index contributed by atoms with van der Waals surface area (Å²) in [6.45, 7) is 6.43. The van der Waals surface area contributed by atoms with E-state index in [1.165, 1.54) is 6.08 Å². The highest BCUT2D eigenvalue weighted by molar-refractivity contribution is 5.85. The highest BCUT2D eigenvalue weighted by atomic mass is 16.5. The van der Waals surface area contributed by atoms with Gasteiger partial charge in [0, 0.05) is 44.2 Å².